The van der Waals surface area contributed by atoms with Crippen LogP contribution in [0.25, 0.3) is 0 Å². The highest BCUT2D eigenvalue weighted by atomic mass is 79.9. The summed E-state index contributed by atoms with van der Waals surface area (Å²) in [7, 11) is 0. The van der Waals surface area contributed by atoms with Gasteiger partial charge < -0.3 is 0 Å². The van der Waals surface area contributed by atoms with E-state index >= 15 is 0 Å². The summed E-state index contributed by atoms with van der Waals surface area (Å²) in [6.45, 7) is 0.510. The third-order valence-corrected chi connectivity index (χ3v) is 4.76. The highest BCUT2D eigenvalue weighted by Crippen LogP contribution is 2.17. The molecular weight excluding hydrogens is 494 g/mol. The molecule has 1 aromatic heterocycles. The first-order valence-corrected chi connectivity index (χ1v) is 9.56. The van der Waals surface area contributed by atoms with Gasteiger partial charge in [0.25, 0.3) is 11.6 Å². The molecule has 10 heteroatoms. The van der Waals surface area contributed by atoms with Gasteiger partial charge in [-0.15, -0.1) is 0 Å². The van der Waals surface area contributed by atoms with Gasteiger partial charge in [-0.2, -0.15) is 10.2 Å². The van der Waals surface area contributed by atoms with Gasteiger partial charge in [-0.3, -0.25) is 19.6 Å². The highest BCUT2D eigenvalue weighted by Gasteiger charge is 2.15. The summed E-state index contributed by atoms with van der Waals surface area (Å²) >= 11 is 6.71. The molecule has 0 spiro atoms. The molecule has 0 saturated heterocycles. The number of hydrazone groups is 1. The van der Waals surface area contributed by atoms with Crippen LogP contribution in [0.15, 0.2) is 68.8 Å². The maximum absolute atomic E-state index is 12.3. The Kier molecular flexibility index (Phi) is 6.32. The first kappa shape index (κ1) is 19.9. The van der Waals surface area contributed by atoms with Gasteiger partial charge in [0.05, 0.1) is 22.2 Å². The second-order valence-electron chi connectivity index (χ2n) is 5.70. The van der Waals surface area contributed by atoms with Crippen LogP contribution < -0.4 is 5.43 Å². The summed E-state index contributed by atoms with van der Waals surface area (Å²) in [6.07, 6.45) is 3.04. The van der Waals surface area contributed by atoms with Crippen molar-refractivity contribution in [2.24, 2.45) is 5.10 Å². The summed E-state index contributed by atoms with van der Waals surface area (Å²) in [4.78, 5) is 22.6. The van der Waals surface area contributed by atoms with Crippen molar-refractivity contribution < 1.29 is 9.72 Å². The van der Waals surface area contributed by atoms with Crippen LogP contribution in [-0.4, -0.2) is 26.8 Å². The van der Waals surface area contributed by atoms with Crippen molar-refractivity contribution in [1.82, 2.24) is 15.2 Å². The Bertz CT molecular complexity index is 1050. The lowest BCUT2D eigenvalue weighted by Gasteiger charge is -2.02. The molecule has 28 heavy (non-hydrogen) atoms. The number of carbonyl (C=O) groups excluding carboxylic acids is 1. The molecule has 142 valence electrons. The average Bonchev–Trinajstić information content (AvgIpc) is 3.04. The van der Waals surface area contributed by atoms with Crippen molar-refractivity contribution in [2.75, 3.05) is 0 Å². The quantitative estimate of drug-likeness (QED) is 0.308. The standard InChI is InChI=1S/C18H13Br2N5O3/c19-14-6-4-12(5-7-14)10-24-11-16(20)17(23-24)18(26)22-21-9-13-2-1-3-15(8-13)25(27)28/h1-9,11H,10H2,(H,22,26)/b21-9+. The van der Waals surface area contributed by atoms with Gasteiger partial charge in [0.2, 0.25) is 0 Å². The van der Waals surface area contributed by atoms with E-state index in [2.05, 4.69) is 47.5 Å². The number of hydrogen-bond acceptors (Lipinski definition) is 5. The Morgan fingerprint density at radius 3 is 2.71 bits per heavy atom. The first-order valence-electron chi connectivity index (χ1n) is 7.97. The fourth-order valence-corrected chi connectivity index (χ4v) is 3.11. The summed E-state index contributed by atoms with van der Waals surface area (Å²) in [6, 6.07) is 13.7. The second kappa shape index (κ2) is 8.89. The molecular formula is C18H13Br2N5O3. The number of nitrogens with one attached hydrogen (secondary N) is 1. The molecule has 0 saturated carbocycles. The summed E-state index contributed by atoms with van der Waals surface area (Å²) < 4.78 is 3.17. The van der Waals surface area contributed by atoms with E-state index in [1.54, 1.807) is 23.0 Å². The molecule has 0 atom stereocenters. The number of carbonyl (C=O) groups is 1. The number of aromatic nitrogens is 2. The fourth-order valence-electron chi connectivity index (χ4n) is 2.35. The van der Waals surface area contributed by atoms with E-state index < -0.39 is 10.8 Å². The Morgan fingerprint density at radius 2 is 2.00 bits per heavy atom. The molecule has 2 aromatic carbocycles. The zero-order chi connectivity index (χ0) is 20.1. The van der Waals surface area contributed by atoms with Crippen LogP contribution in [0, 0.1) is 10.1 Å². The predicted octanol–water partition coefficient (Wildman–Crippen LogP) is 4.13. The molecule has 0 unspecified atom stereocenters. The van der Waals surface area contributed by atoms with E-state index in [0.29, 0.717) is 16.6 Å². The van der Waals surface area contributed by atoms with Crippen molar-refractivity contribution in [3.8, 4) is 0 Å². The number of benzene rings is 2. The predicted molar refractivity (Wildman–Crippen MR) is 111 cm³/mol. The van der Waals surface area contributed by atoms with Gasteiger partial charge >= 0.3 is 0 Å². The minimum absolute atomic E-state index is 0.0512. The van der Waals surface area contributed by atoms with Gasteiger partial charge in [0.15, 0.2) is 5.69 Å². The van der Waals surface area contributed by atoms with Crippen LogP contribution >= 0.6 is 31.9 Å². The molecule has 0 radical (unpaired) electrons. The molecule has 0 aliphatic rings. The number of non-ortho nitro benzene ring substituents is 1. The lowest BCUT2D eigenvalue weighted by atomic mass is 10.2. The minimum Gasteiger partial charge on any atom is -0.266 e. The van der Waals surface area contributed by atoms with E-state index in [1.807, 2.05) is 24.3 Å². The molecule has 0 aliphatic heterocycles. The molecule has 3 rings (SSSR count). The lowest BCUT2D eigenvalue weighted by Crippen LogP contribution is -2.19. The van der Waals surface area contributed by atoms with Crippen LogP contribution in [0.2, 0.25) is 0 Å². The maximum atomic E-state index is 12.3. The average molecular weight is 507 g/mol. The SMILES string of the molecule is O=C(N/N=C/c1cccc([N+](=O)[O-])c1)c1nn(Cc2ccc(Br)cc2)cc1Br. The molecule has 8 nitrogen and oxygen atoms in total. The van der Waals surface area contributed by atoms with Crippen LogP contribution in [-0.2, 0) is 6.54 Å². The first-order chi connectivity index (χ1) is 13.4. The molecule has 0 bridgehead atoms. The number of amides is 1. The zero-order valence-corrected chi connectivity index (χ0v) is 17.4. The fraction of sp³-hybridized carbons (Fsp3) is 0.0556. The van der Waals surface area contributed by atoms with Gasteiger partial charge in [-0.1, -0.05) is 40.2 Å². The highest BCUT2D eigenvalue weighted by molar-refractivity contribution is 9.10. The Morgan fingerprint density at radius 1 is 1.25 bits per heavy atom. The Labute approximate surface area is 176 Å². The van der Waals surface area contributed by atoms with Gasteiger partial charge in [0, 0.05) is 28.4 Å². The van der Waals surface area contributed by atoms with E-state index in [1.165, 1.54) is 18.3 Å². The smallest absolute Gasteiger partial charge is 0.266 e. The van der Waals surface area contributed by atoms with E-state index in [4.69, 9.17) is 0 Å². The third-order valence-electron chi connectivity index (χ3n) is 3.65. The van der Waals surface area contributed by atoms with Crippen molar-refractivity contribution in [1.29, 1.82) is 0 Å². The Balaban J connectivity index is 1.66. The minimum atomic E-state index is -0.497. The van der Waals surface area contributed by atoms with Crippen molar-refractivity contribution in [3.05, 3.63) is 90.6 Å². The van der Waals surface area contributed by atoms with Gasteiger partial charge in [0.1, 0.15) is 0 Å². The monoisotopic (exact) mass is 505 g/mol. The number of nitro groups is 1. The number of halogens is 2. The van der Waals surface area contributed by atoms with Gasteiger partial charge in [-0.05, 0) is 33.6 Å². The van der Waals surface area contributed by atoms with E-state index in [-0.39, 0.29) is 11.4 Å². The zero-order valence-electron chi connectivity index (χ0n) is 14.3. The largest absolute Gasteiger partial charge is 0.293 e. The summed E-state index contributed by atoms with van der Waals surface area (Å²) in [5.74, 6) is -0.497. The van der Waals surface area contributed by atoms with Crippen molar-refractivity contribution in [3.63, 3.8) is 0 Å². The normalized spacial score (nSPS) is 10.9. The van der Waals surface area contributed by atoms with Crippen LogP contribution in [0.3, 0.4) is 0 Å². The topological polar surface area (TPSA) is 102 Å². The molecule has 0 aliphatic carbocycles. The second-order valence-corrected chi connectivity index (χ2v) is 7.47. The maximum Gasteiger partial charge on any atom is 0.293 e. The summed E-state index contributed by atoms with van der Waals surface area (Å²) in [5, 5.41) is 18.9. The number of nitrogens with zero attached hydrogens (tertiary/aromatic N) is 4. The third kappa shape index (κ3) is 5.11. The van der Waals surface area contributed by atoms with Crippen LogP contribution in [0.4, 0.5) is 5.69 Å². The van der Waals surface area contributed by atoms with E-state index in [0.717, 1.165) is 10.0 Å². The van der Waals surface area contributed by atoms with Crippen LogP contribution in [0.1, 0.15) is 21.6 Å². The number of rotatable bonds is 6. The van der Waals surface area contributed by atoms with Crippen LogP contribution in [0.5, 0.6) is 0 Å². The molecule has 0 fully saturated rings. The number of hydrogen-bond donors (Lipinski definition) is 1. The Hall–Kier alpha value is -2.85. The van der Waals surface area contributed by atoms with Crippen molar-refractivity contribution in [2.45, 2.75) is 6.54 Å². The number of nitro benzene ring substituents is 1. The van der Waals surface area contributed by atoms with Gasteiger partial charge in [-0.25, -0.2) is 5.43 Å². The van der Waals surface area contributed by atoms with E-state index in [9.17, 15) is 14.9 Å². The molecule has 3 aromatic rings. The molecule has 1 heterocycles. The molecule has 1 amide bonds. The summed E-state index contributed by atoms with van der Waals surface area (Å²) in [5.41, 5.74) is 4.04. The lowest BCUT2D eigenvalue weighted by molar-refractivity contribution is -0.384. The molecule has 1 N–H and O–H groups in total. The van der Waals surface area contributed by atoms with Crippen molar-refractivity contribution >= 4 is 49.7 Å².